The molecule has 1 N–H and O–H groups in total. The fourth-order valence-corrected chi connectivity index (χ4v) is 2.12. The minimum atomic E-state index is -0.764. The van der Waals surface area contributed by atoms with Crippen LogP contribution in [0.15, 0.2) is 36.4 Å². The Labute approximate surface area is 104 Å². The van der Waals surface area contributed by atoms with Crippen LogP contribution in [0.5, 0.6) is 0 Å². The second kappa shape index (κ2) is 4.37. The van der Waals surface area contributed by atoms with Gasteiger partial charge in [-0.15, -0.1) is 0 Å². The molecule has 3 nitrogen and oxygen atoms in total. The van der Waals surface area contributed by atoms with Gasteiger partial charge >= 0.3 is 0 Å². The molecule has 1 aliphatic rings. The molecule has 1 amide bonds. The number of alkyl halides is 1. The number of fused-ring (bicyclic) bond motifs is 1. The van der Waals surface area contributed by atoms with Crippen molar-refractivity contribution in [1.82, 2.24) is 10.3 Å². The van der Waals surface area contributed by atoms with Crippen LogP contribution in [0.25, 0.3) is 10.9 Å². The van der Waals surface area contributed by atoms with Gasteiger partial charge in [-0.25, -0.2) is 9.37 Å². The maximum Gasteiger partial charge on any atom is 0.270 e. The van der Waals surface area contributed by atoms with Gasteiger partial charge in [-0.1, -0.05) is 24.3 Å². The van der Waals surface area contributed by atoms with E-state index in [2.05, 4.69) is 10.3 Å². The second-order valence-corrected chi connectivity index (χ2v) is 4.63. The van der Waals surface area contributed by atoms with Gasteiger partial charge in [0.15, 0.2) is 0 Å². The molecule has 0 bridgehead atoms. The molecular weight excluding hydrogens is 231 g/mol. The molecule has 0 spiro atoms. The van der Waals surface area contributed by atoms with Gasteiger partial charge in [0.25, 0.3) is 5.91 Å². The molecule has 92 valence electrons. The highest BCUT2D eigenvalue weighted by Crippen LogP contribution is 2.23. The van der Waals surface area contributed by atoms with Crippen molar-refractivity contribution in [3.8, 4) is 0 Å². The Hall–Kier alpha value is -1.97. The van der Waals surface area contributed by atoms with E-state index in [-0.39, 0.29) is 11.9 Å². The third-order valence-corrected chi connectivity index (χ3v) is 3.25. The van der Waals surface area contributed by atoms with E-state index in [1.54, 1.807) is 6.07 Å². The fraction of sp³-hybridized carbons (Fsp3) is 0.286. The van der Waals surface area contributed by atoms with E-state index in [9.17, 15) is 9.18 Å². The zero-order valence-electron chi connectivity index (χ0n) is 9.77. The number of aromatic nitrogens is 1. The van der Waals surface area contributed by atoms with Crippen LogP contribution in [0.1, 0.15) is 23.3 Å². The quantitative estimate of drug-likeness (QED) is 0.881. The summed E-state index contributed by atoms with van der Waals surface area (Å²) in [6.07, 6.45) is 0.0680. The van der Waals surface area contributed by atoms with E-state index in [0.29, 0.717) is 18.5 Å². The summed E-state index contributed by atoms with van der Waals surface area (Å²) in [7, 11) is 0. The number of benzene rings is 1. The number of carbonyl (C=O) groups excluding carboxylic acids is 1. The van der Waals surface area contributed by atoms with Crippen LogP contribution in [0.4, 0.5) is 4.39 Å². The van der Waals surface area contributed by atoms with Crippen LogP contribution >= 0.6 is 0 Å². The largest absolute Gasteiger partial charge is 0.348 e. The SMILES string of the molecule is O=C(NC1CC(F)C1)c1ccc2ccccc2n1. The standard InChI is InChI=1S/C14H13FN2O/c15-10-7-11(8-10)16-14(18)13-6-5-9-3-1-2-4-12(9)17-13/h1-6,10-11H,7-8H2,(H,16,18). The van der Waals surface area contributed by atoms with Gasteiger partial charge in [-0.2, -0.15) is 0 Å². The average molecular weight is 244 g/mol. The number of rotatable bonds is 2. The van der Waals surface area contributed by atoms with Crippen molar-refractivity contribution in [3.63, 3.8) is 0 Å². The van der Waals surface area contributed by atoms with Crippen LogP contribution in [-0.2, 0) is 0 Å². The highest BCUT2D eigenvalue weighted by atomic mass is 19.1. The van der Waals surface area contributed by atoms with Gasteiger partial charge in [0.05, 0.1) is 5.52 Å². The lowest BCUT2D eigenvalue weighted by Crippen LogP contribution is -2.45. The first kappa shape index (κ1) is 11.1. The van der Waals surface area contributed by atoms with Gasteiger partial charge in [0.1, 0.15) is 11.9 Å². The molecule has 2 aromatic rings. The Kier molecular flexibility index (Phi) is 2.70. The normalized spacial score (nSPS) is 22.5. The molecular formula is C14H13FN2O. The number of pyridine rings is 1. The summed E-state index contributed by atoms with van der Waals surface area (Å²) < 4.78 is 12.7. The van der Waals surface area contributed by atoms with Crippen molar-refractivity contribution in [2.45, 2.75) is 25.1 Å². The molecule has 3 rings (SSSR count). The third kappa shape index (κ3) is 2.06. The van der Waals surface area contributed by atoms with Gasteiger partial charge in [0.2, 0.25) is 0 Å². The summed E-state index contributed by atoms with van der Waals surface area (Å²) in [4.78, 5) is 16.2. The van der Waals surface area contributed by atoms with Crippen molar-refractivity contribution in [3.05, 3.63) is 42.1 Å². The molecule has 1 saturated carbocycles. The fourth-order valence-electron chi connectivity index (χ4n) is 2.12. The monoisotopic (exact) mass is 244 g/mol. The van der Waals surface area contributed by atoms with Gasteiger partial charge in [-0.05, 0) is 25.0 Å². The lowest BCUT2D eigenvalue weighted by atomic mass is 9.91. The molecule has 0 aliphatic heterocycles. The average Bonchev–Trinajstić information content (AvgIpc) is 2.36. The topological polar surface area (TPSA) is 42.0 Å². The Morgan fingerprint density at radius 1 is 1.22 bits per heavy atom. The second-order valence-electron chi connectivity index (χ2n) is 4.63. The van der Waals surface area contributed by atoms with E-state index in [0.717, 1.165) is 10.9 Å². The molecule has 0 atom stereocenters. The number of hydrogen-bond acceptors (Lipinski definition) is 2. The molecule has 1 heterocycles. The first-order chi connectivity index (χ1) is 8.72. The third-order valence-electron chi connectivity index (χ3n) is 3.25. The van der Waals surface area contributed by atoms with Crippen LogP contribution in [-0.4, -0.2) is 23.1 Å². The van der Waals surface area contributed by atoms with E-state index < -0.39 is 6.17 Å². The maximum absolute atomic E-state index is 12.7. The zero-order chi connectivity index (χ0) is 12.5. The lowest BCUT2D eigenvalue weighted by molar-refractivity contribution is 0.0856. The smallest absolute Gasteiger partial charge is 0.270 e. The van der Waals surface area contributed by atoms with Gasteiger partial charge in [0, 0.05) is 11.4 Å². The van der Waals surface area contributed by atoms with Crippen molar-refractivity contribution in [1.29, 1.82) is 0 Å². The van der Waals surface area contributed by atoms with Crippen molar-refractivity contribution in [2.75, 3.05) is 0 Å². The first-order valence-corrected chi connectivity index (χ1v) is 6.03. The van der Waals surface area contributed by atoms with Gasteiger partial charge in [-0.3, -0.25) is 4.79 Å². The molecule has 1 aliphatic carbocycles. The summed E-state index contributed by atoms with van der Waals surface area (Å²) in [5.41, 5.74) is 1.18. The molecule has 4 heteroatoms. The highest BCUT2D eigenvalue weighted by Gasteiger charge is 2.30. The van der Waals surface area contributed by atoms with E-state index in [4.69, 9.17) is 0 Å². The van der Waals surface area contributed by atoms with E-state index in [1.807, 2.05) is 30.3 Å². The maximum atomic E-state index is 12.7. The predicted molar refractivity (Wildman–Crippen MR) is 67.1 cm³/mol. The van der Waals surface area contributed by atoms with Crippen LogP contribution in [0, 0.1) is 0 Å². The number of para-hydroxylation sites is 1. The number of amides is 1. The molecule has 0 unspecified atom stereocenters. The number of hydrogen-bond donors (Lipinski definition) is 1. The molecule has 1 fully saturated rings. The van der Waals surface area contributed by atoms with Crippen molar-refractivity contribution < 1.29 is 9.18 Å². The highest BCUT2D eigenvalue weighted by molar-refractivity contribution is 5.95. The minimum Gasteiger partial charge on any atom is -0.348 e. The summed E-state index contributed by atoms with van der Waals surface area (Å²) in [5, 5.41) is 3.79. The van der Waals surface area contributed by atoms with Crippen molar-refractivity contribution >= 4 is 16.8 Å². The predicted octanol–water partition coefficient (Wildman–Crippen LogP) is 2.47. The number of nitrogens with zero attached hydrogens (tertiary/aromatic N) is 1. The Morgan fingerprint density at radius 2 is 2.00 bits per heavy atom. The summed E-state index contributed by atoms with van der Waals surface area (Å²) >= 11 is 0. The Balaban J connectivity index is 1.79. The molecule has 1 aromatic carbocycles. The number of carbonyl (C=O) groups is 1. The molecule has 0 radical (unpaired) electrons. The van der Waals surface area contributed by atoms with E-state index >= 15 is 0 Å². The molecule has 18 heavy (non-hydrogen) atoms. The molecule has 1 aromatic heterocycles. The van der Waals surface area contributed by atoms with Crippen LogP contribution in [0.3, 0.4) is 0 Å². The van der Waals surface area contributed by atoms with Crippen LogP contribution < -0.4 is 5.32 Å². The van der Waals surface area contributed by atoms with Crippen molar-refractivity contribution in [2.24, 2.45) is 0 Å². The molecule has 0 saturated heterocycles. The summed E-state index contributed by atoms with van der Waals surface area (Å²) in [6, 6.07) is 11.2. The summed E-state index contributed by atoms with van der Waals surface area (Å²) in [5.74, 6) is -0.224. The van der Waals surface area contributed by atoms with E-state index in [1.165, 1.54) is 0 Å². The Morgan fingerprint density at radius 3 is 2.78 bits per heavy atom. The minimum absolute atomic E-state index is 0.0410. The lowest BCUT2D eigenvalue weighted by Gasteiger charge is -2.30. The zero-order valence-corrected chi connectivity index (χ0v) is 9.77. The van der Waals surface area contributed by atoms with Gasteiger partial charge < -0.3 is 5.32 Å². The summed E-state index contributed by atoms with van der Waals surface area (Å²) in [6.45, 7) is 0. The van der Waals surface area contributed by atoms with Crippen LogP contribution in [0.2, 0.25) is 0 Å². The number of nitrogens with one attached hydrogen (secondary N) is 1. The number of halogens is 1. The first-order valence-electron chi connectivity index (χ1n) is 6.03. The Bertz CT molecular complexity index is 593.